The number of rotatable bonds is 4. The van der Waals surface area contributed by atoms with Crippen molar-refractivity contribution in [1.29, 1.82) is 5.26 Å². The molecule has 2 aromatic rings. The Morgan fingerprint density at radius 3 is 2.75 bits per heavy atom. The van der Waals surface area contributed by atoms with E-state index in [-0.39, 0.29) is 17.8 Å². The lowest BCUT2D eigenvalue weighted by molar-refractivity contribution is -0.125. The van der Waals surface area contributed by atoms with Crippen molar-refractivity contribution >= 4 is 17.6 Å². The lowest BCUT2D eigenvalue weighted by atomic mass is 10.1. The molecule has 0 saturated carbocycles. The maximum Gasteiger partial charge on any atom is 0.322 e. The molecule has 0 unspecified atom stereocenters. The van der Waals surface area contributed by atoms with Gasteiger partial charge in [0.1, 0.15) is 29.4 Å². The number of amides is 3. The van der Waals surface area contributed by atoms with E-state index in [9.17, 15) is 18.4 Å². The van der Waals surface area contributed by atoms with Crippen LogP contribution >= 0.6 is 0 Å². The summed E-state index contributed by atoms with van der Waals surface area (Å²) < 4.78 is 27.0. The van der Waals surface area contributed by atoms with E-state index in [0.29, 0.717) is 11.4 Å². The molecule has 1 aliphatic heterocycles. The van der Waals surface area contributed by atoms with Gasteiger partial charge in [-0.15, -0.1) is 0 Å². The van der Waals surface area contributed by atoms with Crippen LogP contribution in [-0.2, 0) is 11.3 Å². The topological polar surface area (TPSA) is 98.1 Å². The number of carbonyl (C=O) groups is 2. The van der Waals surface area contributed by atoms with Crippen LogP contribution in [0.25, 0.3) is 0 Å². The van der Waals surface area contributed by atoms with Crippen LogP contribution < -0.4 is 10.6 Å². The third kappa shape index (κ3) is 3.76. The highest BCUT2D eigenvalue weighted by atomic mass is 19.1. The maximum absolute atomic E-state index is 13.9. The van der Waals surface area contributed by atoms with E-state index < -0.39 is 35.7 Å². The van der Waals surface area contributed by atoms with Crippen molar-refractivity contribution in [3.05, 3.63) is 58.9 Å². The molecule has 7 nitrogen and oxygen atoms in total. The summed E-state index contributed by atoms with van der Waals surface area (Å²) in [5.74, 6) is -1.98. The zero-order valence-corrected chi connectivity index (χ0v) is 15.2. The Kier molecular flexibility index (Phi) is 5.22. The van der Waals surface area contributed by atoms with Crippen molar-refractivity contribution in [3.8, 4) is 6.07 Å². The summed E-state index contributed by atoms with van der Waals surface area (Å²) in [7, 11) is 0. The number of nitriles is 1. The van der Waals surface area contributed by atoms with Gasteiger partial charge in [0.2, 0.25) is 5.91 Å². The molecule has 3 amide bonds. The number of hydrogen-bond donors (Lipinski definition) is 2. The average molecular weight is 385 g/mol. The molecule has 2 N–H and O–H groups in total. The molecule has 2 atom stereocenters. The number of benzene rings is 1. The summed E-state index contributed by atoms with van der Waals surface area (Å²) >= 11 is 0. The highest BCUT2D eigenvalue weighted by Gasteiger charge is 2.32. The second-order valence-electron chi connectivity index (χ2n) is 6.43. The van der Waals surface area contributed by atoms with Gasteiger partial charge in [-0.05, 0) is 32.0 Å². The monoisotopic (exact) mass is 385 g/mol. The van der Waals surface area contributed by atoms with Crippen LogP contribution in [0.2, 0.25) is 0 Å². The largest absolute Gasteiger partial charge is 0.348 e. The fraction of sp³-hybridized carbons (Fsp3) is 0.263. The van der Waals surface area contributed by atoms with Crippen molar-refractivity contribution in [3.63, 3.8) is 0 Å². The molecule has 9 heteroatoms. The van der Waals surface area contributed by atoms with E-state index in [1.54, 1.807) is 13.0 Å². The van der Waals surface area contributed by atoms with Gasteiger partial charge < -0.3 is 15.5 Å². The van der Waals surface area contributed by atoms with E-state index in [2.05, 4.69) is 15.6 Å². The summed E-state index contributed by atoms with van der Waals surface area (Å²) in [6, 6.07) is 6.02. The van der Waals surface area contributed by atoms with E-state index in [4.69, 9.17) is 5.26 Å². The number of pyridine rings is 1. The van der Waals surface area contributed by atoms with Gasteiger partial charge in [0.05, 0.1) is 24.0 Å². The Morgan fingerprint density at radius 2 is 2.07 bits per heavy atom. The number of carbonyl (C=O) groups excluding carboxylic acids is 2. The van der Waals surface area contributed by atoms with Crippen LogP contribution in [0.15, 0.2) is 30.3 Å². The van der Waals surface area contributed by atoms with Gasteiger partial charge in [-0.2, -0.15) is 5.26 Å². The normalized spacial score (nSPS) is 15.1. The minimum atomic E-state index is -0.883. The Labute approximate surface area is 160 Å². The summed E-state index contributed by atoms with van der Waals surface area (Å²) in [6.07, 6.45) is 0. The van der Waals surface area contributed by atoms with Crippen molar-refractivity contribution in [2.45, 2.75) is 32.5 Å². The van der Waals surface area contributed by atoms with E-state index >= 15 is 0 Å². The summed E-state index contributed by atoms with van der Waals surface area (Å²) in [5.41, 5.74) is 1.29. The fourth-order valence-corrected chi connectivity index (χ4v) is 2.94. The highest BCUT2D eigenvalue weighted by molar-refractivity contribution is 5.95. The third-order valence-electron chi connectivity index (χ3n) is 4.55. The van der Waals surface area contributed by atoms with Gasteiger partial charge in [0.15, 0.2) is 0 Å². The van der Waals surface area contributed by atoms with Gasteiger partial charge in [0, 0.05) is 11.6 Å². The molecule has 0 fully saturated rings. The van der Waals surface area contributed by atoms with Crippen molar-refractivity contribution < 1.29 is 18.4 Å². The zero-order valence-electron chi connectivity index (χ0n) is 15.2. The maximum atomic E-state index is 13.9. The first-order valence-corrected chi connectivity index (χ1v) is 8.53. The first-order valence-electron chi connectivity index (χ1n) is 8.53. The van der Waals surface area contributed by atoms with Gasteiger partial charge in [0.25, 0.3) is 0 Å². The minimum absolute atomic E-state index is 0.0462. The molecule has 1 aromatic heterocycles. The van der Waals surface area contributed by atoms with Gasteiger partial charge in [-0.3, -0.25) is 4.79 Å². The molecule has 0 spiro atoms. The molecule has 0 bridgehead atoms. The van der Waals surface area contributed by atoms with Gasteiger partial charge >= 0.3 is 6.03 Å². The average Bonchev–Trinajstić information content (AvgIpc) is 2.66. The number of anilines is 1. The molecule has 1 aromatic carbocycles. The predicted octanol–water partition coefficient (Wildman–Crippen LogP) is 2.84. The third-order valence-corrected chi connectivity index (χ3v) is 4.55. The lowest BCUT2D eigenvalue weighted by Gasteiger charge is -2.33. The molecule has 3 rings (SSSR count). The fourth-order valence-electron chi connectivity index (χ4n) is 2.94. The van der Waals surface area contributed by atoms with Crippen LogP contribution in [-0.4, -0.2) is 27.9 Å². The minimum Gasteiger partial charge on any atom is -0.348 e. The molecular weight excluding hydrogens is 368 g/mol. The van der Waals surface area contributed by atoms with Crippen molar-refractivity contribution in [2.24, 2.45) is 0 Å². The summed E-state index contributed by atoms with van der Waals surface area (Å²) in [4.78, 5) is 30.3. The Bertz CT molecular complexity index is 989. The Balaban J connectivity index is 1.73. The molecule has 28 heavy (non-hydrogen) atoms. The van der Waals surface area contributed by atoms with E-state index in [1.807, 2.05) is 6.07 Å². The molecule has 144 valence electrons. The molecule has 0 aliphatic carbocycles. The lowest BCUT2D eigenvalue weighted by Crippen LogP contribution is -2.51. The summed E-state index contributed by atoms with van der Waals surface area (Å²) in [5, 5.41) is 14.2. The first kappa shape index (κ1) is 19.2. The van der Waals surface area contributed by atoms with Crippen molar-refractivity contribution in [2.75, 3.05) is 5.32 Å². The number of nitrogens with zero attached hydrogens (tertiary/aromatic N) is 3. The number of aromatic nitrogens is 1. The first-order chi connectivity index (χ1) is 13.3. The number of nitrogens with one attached hydrogen (secondary N) is 2. The number of fused-ring (bicyclic) bond motifs is 1. The Morgan fingerprint density at radius 1 is 1.32 bits per heavy atom. The van der Waals surface area contributed by atoms with Crippen LogP contribution in [0.5, 0.6) is 0 Å². The second-order valence-corrected chi connectivity index (χ2v) is 6.43. The molecule has 2 heterocycles. The van der Waals surface area contributed by atoms with Crippen molar-refractivity contribution in [1.82, 2.24) is 15.2 Å². The van der Waals surface area contributed by atoms with E-state index in [0.717, 1.165) is 12.1 Å². The SMILES string of the molecule is C[C@H](NC(=O)[C@H](C)N1Cc2nc(C#N)ccc2NC1=O)c1ccc(F)cc1F. The van der Waals surface area contributed by atoms with E-state index in [1.165, 1.54) is 24.0 Å². The number of hydrogen-bond acceptors (Lipinski definition) is 4. The molecular formula is C19H17F2N5O2. The molecule has 0 saturated heterocycles. The highest BCUT2D eigenvalue weighted by Crippen LogP contribution is 2.24. The van der Waals surface area contributed by atoms with Crippen LogP contribution in [0, 0.1) is 23.0 Å². The van der Waals surface area contributed by atoms with Gasteiger partial charge in [-0.25, -0.2) is 18.6 Å². The molecule has 1 aliphatic rings. The zero-order chi connectivity index (χ0) is 20.4. The number of halogens is 2. The summed E-state index contributed by atoms with van der Waals surface area (Å²) in [6.45, 7) is 3.14. The standard InChI is InChI=1S/C19H17F2N5O2/c1-10(14-5-3-12(20)7-15(14)21)23-18(27)11(2)26-9-17-16(25-19(26)28)6-4-13(8-22)24-17/h3-7,10-11H,9H2,1-2H3,(H,23,27)(H,25,28)/t10-,11-/m0/s1. The van der Waals surface area contributed by atoms with Crippen LogP contribution in [0.4, 0.5) is 19.3 Å². The second kappa shape index (κ2) is 7.60. The van der Waals surface area contributed by atoms with Crippen LogP contribution in [0.3, 0.4) is 0 Å². The number of urea groups is 1. The van der Waals surface area contributed by atoms with Gasteiger partial charge in [-0.1, -0.05) is 6.07 Å². The smallest absolute Gasteiger partial charge is 0.322 e. The van der Waals surface area contributed by atoms with Crippen LogP contribution in [0.1, 0.15) is 36.8 Å². The Hall–Kier alpha value is -3.54. The quantitative estimate of drug-likeness (QED) is 0.846. The predicted molar refractivity (Wildman–Crippen MR) is 95.9 cm³/mol. The molecule has 0 radical (unpaired) electrons.